The molecule has 1 aliphatic rings. The number of Topliss-reactive ketones (excluding diaryl/α,β-unsaturated/α-hetero) is 1. The van der Waals surface area contributed by atoms with Gasteiger partial charge in [-0.1, -0.05) is 47.6 Å². The fraction of sp³-hybridized carbons (Fsp3) is 0.190. The second-order valence-electron chi connectivity index (χ2n) is 6.45. The number of ether oxygens (including phenoxy) is 2. The molecule has 30 heavy (non-hydrogen) atoms. The molecule has 0 spiro atoms. The number of nitrogens with one attached hydrogen (secondary N) is 1. The summed E-state index contributed by atoms with van der Waals surface area (Å²) in [5.41, 5.74) is 1.35. The SMILES string of the molecule is CCOc1ccc([C@@H]2C(C(=O)c3ccccc3)=C(C(=O)OC)Nc3nnnn32)cc1. The third kappa shape index (κ3) is 3.41. The van der Waals surface area contributed by atoms with Crippen molar-refractivity contribution in [3.63, 3.8) is 0 Å². The van der Waals surface area contributed by atoms with Gasteiger partial charge in [0.05, 0.1) is 19.3 Å². The molecular weight excluding hydrogens is 386 g/mol. The average molecular weight is 405 g/mol. The molecule has 1 aromatic heterocycles. The summed E-state index contributed by atoms with van der Waals surface area (Å²) in [6.07, 6.45) is 0. The minimum Gasteiger partial charge on any atom is -0.494 e. The zero-order valence-electron chi connectivity index (χ0n) is 16.4. The molecule has 0 saturated heterocycles. The molecule has 1 atom stereocenters. The van der Waals surface area contributed by atoms with Crippen LogP contribution < -0.4 is 10.1 Å². The third-order valence-corrected chi connectivity index (χ3v) is 4.69. The number of esters is 1. The van der Waals surface area contributed by atoms with Gasteiger partial charge in [-0.3, -0.25) is 4.79 Å². The highest BCUT2D eigenvalue weighted by molar-refractivity contribution is 6.14. The maximum absolute atomic E-state index is 13.5. The molecule has 0 bridgehead atoms. The average Bonchev–Trinajstić information content (AvgIpc) is 3.26. The predicted octanol–water partition coefficient (Wildman–Crippen LogP) is 2.40. The van der Waals surface area contributed by atoms with E-state index in [2.05, 4.69) is 20.8 Å². The predicted molar refractivity (Wildman–Crippen MR) is 107 cm³/mol. The Kier molecular flexibility index (Phi) is 5.25. The number of benzene rings is 2. The standard InChI is InChI=1S/C21H19N5O4/c1-3-30-15-11-9-13(10-12-15)18-16(19(27)14-7-5-4-6-8-14)17(20(28)29-2)22-21-23-24-25-26(18)21/h4-12,18H,3H2,1-2H3,(H,22,23,25)/t18-/m1/s1. The Hall–Kier alpha value is -4.01. The minimum atomic E-state index is -0.728. The number of hydrogen-bond acceptors (Lipinski definition) is 8. The Balaban J connectivity index is 1.90. The highest BCUT2D eigenvalue weighted by Crippen LogP contribution is 2.37. The zero-order chi connectivity index (χ0) is 21.1. The Labute approximate surface area is 172 Å². The Bertz CT molecular complexity index is 1110. The number of fused-ring (bicyclic) bond motifs is 1. The van der Waals surface area contributed by atoms with E-state index in [0.717, 1.165) is 0 Å². The van der Waals surface area contributed by atoms with E-state index < -0.39 is 12.0 Å². The third-order valence-electron chi connectivity index (χ3n) is 4.69. The van der Waals surface area contributed by atoms with Crippen molar-refractivity contribution in [2.45, 2.75) is 13.0 Å². The molecule has 1 N–H and O–H groups in total. The lowest BCUT2D eigenvalue weighted by Crippen LogP contribution is -2.32. The molecule has 9 heteroatoms. The number of allylic oxidation sites excluding steroid dienone is 1. The van der Waals surface area contributed by atoms with Crippen LogP contribution in [0.25, 0.3) is 0 Å². The van der Waals surface area contributed by atoms with Crippen molar-refractivity contribution in [1.29, 1.82) is 0 Å². The normalized spacial score (nSPS) is 15.2. The van der Waals surface area contributed by atoms with Crippen LogP contribution in [0.3, 0.4) is 0 Å². The Morgan fingerprint density at radius 3 is 2.50 bits per heavy atom. The van der Waals surface area contributed by atoms with E-state index in [9.17, 15) is 9.59 Å². The number of carbonyl (C=O) groups excluding carboxylic acids is 2. The second-order valence-corrected chi connectivity index (χ2v) is 6.45. The number of methoxy groups -OCH3 is 1. The minimum absolute atomic E-state index is 0.00698. The molecule has 0 aliphatic carbocycles. The molecule has 1 aliphatic heterocycles. The molecule has 0 saturated carbocycles. The van der Waals surface area contributed by atoms with Crippen LogP contribution in [0, 0.1) is 0 Å². The quantitative estimate of drug-likeness (QED) is 0.492. The van der Waals surface area contributed by atoms with E-state index in [-0.39, 0.29) is 23.0 Å². The highest BCUT2D eigenvalue weighted by Gasteiger charge is 2.38. The molecule has 0 amide bonds. The Morgan fingerprint density at radius 1 is 1.10 bits per heavy atom. The van der Waals surface area contributed by atoms with Crippen molar-refractivity contribution in [1.82, 2.24) is 20.2 Å². The van der Waals surface area contributed by atoms with Gasteiger partial charge in [-0.25, -0.2) is 4.79 Å². The van der Waals surface area contributed by atoms with Gasteiger partial charge in [-0.05, 0) is 35.0 Å². The van der Waals surface area contributed by atoms with Gasteiger partial charge in [0.1, 0.15) is 17.5 Å². The smallest absolute Gasteiger partial charge is 0.355 e. The lowest BCUT2D eigenvalue weighted by atomic mass is 9.89. The van der Waals surface area contributed by atoms with Gasteiger partial charge >= 0.3 is 5.97 Å². The fourth-order valence-corrected chi connectivity index (χ4v) is 3.35. The van der Waals surface area contributed by atoms with Crippen LogP contribution in [0.2, 0.25) is 0 Å². The van der Waals surface area contributed by atoms with E-state index in [1.165, 1.54) is 11.8 Å². The molecule has 2 heterocycles. The number of anilines is 1. The number of nitrogens with zero attached hydrogens (tertiary/aromatic N) is 4. The first-order valence-corrected chi connectivity index (χ1v) is 9.34. The molecule has 9 nitrogen and oxygen atoms in total. The zero-order valence-corrected chi connectivity index (χ0v) is 16.4. The van der Waals surface area contributed by atoms with Crippen LogP contribution in [0.5, 0.6) is 5.75 Å². The van der Waals surface area contributed by atoms with Crippen LogP contribution >= 0.6 is 0 Å². The number of tetrazole rings is 1. The van der Waals surface area contributed by atoms with Gasteiger partial charge in [0.15, 0.2) is 5.78 Å². The van der Waals surface area contributed by atoms with Crippen molar-refractivity contribution in [2.24, 2.45) is 0 Å². The first kappa shape index (κ1) is 19.3. The van der Waals surface area contributed by atoms with E-state index in [4.69, 9.17) is 9.47 Å². The van der Waals surface area contributed by atoms with Crippen LogP contribution in [0.15, 0.2) is 65.9 Å². The molecule has 0 radical (unpaired) electrons. The van der Waals surface area contributed by atoms with Gasteiger partial charge in [-0.2, -0.15) is 4.68 Å². The van der Waals surface area contributed by atoms with Gasteiger partial charge in [-0.15, -0.1) is 0 Å². The van der Waals surface area contributed by atoms with E-state index in [1.807, 2.05) is 25.1 Å². The number of rotatable bonds is 6. The summed E-state index contributed by atoms with van der Waals surface area (Å²) >= 11 is 0. The summed E-state index contributed by atoms with van der Waals surface area (Å²) in [7, 11) is 1.26. The molecule has 2 aromatic carbocycles. The van der Waals surface area contributed by atoms with Crippen molar-refractivity contribution in [3.05, 3.63) is 77.0 Å². The topological polar surface area (TPSA) is 108 Å². The van der Waals surface area contributed by atoms with Crippen molar-refractivity contribution >= 4 is 17.7 Å². The Morgan fingerprint density at radius 2 is 1.83 bits per heavy atom. The van der Waals surface area contributed by atoms with Crippen molar-refractivity contribution in [3.8, 4) is 5.75 Å². The van der Waals surface area contributed by atoms with E-state index in [0.29, 0.717) is 23.5 Å². The van der Waals surface area contributed by atoms with Crippen LogP contribution in [0.4, 0.5) is 5.95 Å². The van der Waals surface area contributed by atoms with E-state index in [1.54, 1.807) is 36.4 Å². The molecular formula is C21H19N5O4. The monoisotopic (exact) mass is 405 g/mol. The lowest BCUT2D eigenvalue weighted by molar-refractivity contribution is -0.136. The second kappa shape index (κ2) is 8.16. The first-order valence-electron chi connectivity index (χ1n) is 9.34. The van der Waals surface area contributed by atoms with Crippen LogP contribution in [-0.4, -0.2) is 45.7 Å². The van der Waals surface area contributed by atoms with Gasteiger partial charge in [0.25, 0.3) is 0 Å². The van der Waals surface area contributed by atoms with Gasteiger partial charge in [0, 0.05) is 5.56 Å². The summed E-state index contributed by atoms with van der Waals surface area (Å²) in [5, 5.41) is 14.5. The van der Waals surface area contributed by atoms with Gasteiger partial charge in [0.2, 0.25) is 5.95 Å². The van der Waals surface area contributed by atoms with Crippen molar-refractivity contribution in [2.75, 3.05) is 19.0 Å². The van der Waals surface area contributed by atoms with E-state index >= 15 is 0 Å². The highest BCUT2D eigenvalue weighted by atomic mass is 16.5. The summed E-state index contributed by atoms with van der Waals surface area (Å²) in [4.78, 5) is 26.1. The first-order chi connectivity index (χ1) is 14.6. The van der Waals surface area contributed by atoms with Crippen molar-refractivity contribution < 1.29 is 19.1 Å². The lowest BCUT2D eigenvalue weighted by Gasteiger charge is -2.28. The fourth-order valence-electron chi connectivity index (χ4n) is 3.35. The maximum atomic E-state index is 13.5. The largest absolute Gasteiger partial charge is 0.494 e. The number of ketones is 1. The summed E-state index contributed by atoms with van der Waals surface area (Å²) in [6, 6.07) is 15.2. The van der Waals surface area contributed by atoms with Gasteiger partial charge < -0.3 is 14.8 Å². The summed E-state index contributed by atoms with van der Waals surface area (Å²) in [5.74, 6) is -0.0814. The summed E-state index contributed by atoms with van der Waals surface area (Å²) in [6.45, 7) is 2.43. The maximum Gasteiger partial charge on any atom is 0.355 e. The van der Waals surface area contributed by atoms with Crippen LogP contribution in [0.1, 0.15) is 28.9 Å². The van der Waals surface area contributed by atoms with Crippen LogP contribution in [-0.2, 0) is 9.53 Å². The molecule has 0 unspecified atom stereocenters. The number of hydrogen-bond donors (Lipinski definition) is 1. The summed E-state index contributed by atoms with van der Waals surface area (Å²) < 4.78 is 11.9. The molecule has 4 rings (SSSR count). The molecule has 152 valence electrons. The molecule has 3 aromatic rings. The number of carbonyl (C=O) groups is 2. The molecule has 0 fully saturated rings. The number of aromatic nitrogens is 4.